The number of anilines is 1. The van der Waals surface area contributed by atoms with Crippen molar-refractivity contribution in [2.24, 2.45) is 17.3 Å². The van der Waals surface area contributed by atoms with Gasteiger partial charge in [0.2, 0.25) is 0 Å². The van der Waals surface area contributed by atoms with E-state index in [1.54, 1.807) is 0 Å². The van der Waals surface area contributed by atoms with Crippen molar-refractivity contribution >= 4 is 43.5 Å². The number of carbonyl (C=O) groups excluding carboxylic acids is 1. The van der Waals surface area contributed by atoms with Gasteiger partial charge in [-0.2, -0.15) is 0 Å². The zero-order valence-corrected chi connectivity index (χ0v) is 20.6. The number of rotatable bonds is 10. The minimum Gasteiger partial charge on any atom is -0.460 e. The molecule has 0 unspecified atom stereocenters. The Labute approximate surface area is 191 Å². The van der Waals surface area contributed by atoms with Crippen LogP contribution in [0.25, 0.3) is 0 Å². The summed E-state index contributed by atoms with van der Waals surface area (Å²) in [5, 5.41) is 2.82. The number of benzene rings is 1. The van der Waals surface area contributed by atoms with Crippen molar-refractivity contribution in [3.63, 3.8) is 0 Å². The van der Waals surface area contributed by atoms with Crippen LogP contribution in [0.15, 0.2) is 9.47 Å². The maximum Gasteiger partial charge on any atom is 0.310 e. The van der Waals surface area contributed by atoms with E-state index < -0.39 is 48.1 Å². The molecule has 0 radical (unpaired) electrons. The number of halogens is 5. The van der Waals surface area contributed by atoms with Crippen molar-refractivity contribution in [3.05, 3.63) is 38.0 Å². The molecular formula is C21H26Br2F3NO3. The van der Waals surface area contributed by atoms with Gasteiger partial charge in [-0.05, 0) is 49.6 Å². The molecule has 2 rings (SSSR count). The lowest BCUT2D eigenvalue weighted by Crippen LogP contribution is -2.16. The van der Waals surface area contributed by atoms with Crippen LogP contribution in [0.1, 0.15) is 44.7 Å². The largest absolute Gasteiger partial charge is 0.460 e. The SMILES string of the molecule is CCCCNc1c(F)c(COC)c(F)c(F)c1COC(=O)[C@@H]1[C@H](C=C(Br)Br)C1(C)C. The summed E-state index contributed by atoms with van der Waals surface area (Å²) in [6, 6.07) is 0. The van der Waals surface area contributed by atoms with Gasteiger partial charge in [-0.15, -0.1) is 0 Å². The summed E-state index contributed by atoms with van der Waals surface area (Å²) in [6.07, 6.45) is 3.40. The molecule has 1 aromatic carbocycles. The molecule has 1 fully saturated rings. The van der Waals surface area contributed by atoms with Crippen LogP contribution in [0.2, 0.25) is 0 Å². The maximum atomic E-state index is 14.9. The summed E-state index contributed by atoms with van der Waals surface area (Å²) in [7, 11) is 1.27. The van der Waals surface area contributed by atoms with Crippen LogP contribution in [0.5, 0.6) is 0 Å². The van der Waals surface area contributed by atoms with E-state index in [0.29, 0.717) is 13.0 Å². The smallest absolute Gasteiger partial charge is 0.310 e. The van der Waals surface area contributed by atoms with Crippen LogP contribution in [0.4, 0.5) is 18.9 Å². The topological polar surface area (TPSA) is 47.6 Å². The van der Waals surface area contributed by atoms with Gasteiger partial charge >= 0.3 is 5.97 Å². The van der Waals surface area contributed by atoms with Gasteiger partial charge in [-0.1, -0.05) is 33.3 Å². The van der Waals surface area contributed by atoms with Gasteiger partial charge in [0.1, 0.15) is 6.61 Å². The van der Waals surface area contributed by atoms with Crippen LogP contribution >= 0.6 is 31.9 Å². The lowest BCUT2D eigenvalue weighted by Gasteiger charge is -2.18. The standard InChI is InChI=1S/C21H26Br2F3NO3/c1-5-6-7-27-19-12(17(25)16(24)11(9-29-4)18(19)26)10-30-20(28)15-13(8-14(22)23)21(15,2)3/h8,13,15,27H,5-7,9-10H2,1-4H3/t13-,15-/m0/s1. The van der Waals surface area contributed by atoms with Crippen molar-refractivity contribution in [2.75, 3.05) is 19.0 Å². The van der Waals surface area contributed by atoms with Gasteiger partial charge in [0.15, 0.2) is 17.5 Å². The first kappa shape index (κ1) is 25.2. The van der Waals surface area contributed by atoms with Gasteiger partial charge in [0.05, 0.1) is 32.7 Å². The number of hydrogen-bond donors (Lipinski definition) is 1. The number of allylic oxidation sites excluding steroid dienone is 1. The second-order valence-electron chi connectivity index (χ2n) is 7.88. The number of methoxy groups -OCH3 is 1. The number of carbonyl (C=O) groups is 1. The van der Waals surface area contributed by atoms with Crippen molar-refractivity contribution in [1.82, 2.24) is 0 Å². The molecule has 1 aliphatic carbocycles. The average Bonchev–Trinajstić information content (AvgIpc) is 3.21. The molecule has 1 aliphatic rings. The van der Waals surface area contributed by atoms with Crippen LogP contribution in [-0.4, -0.2) is 19.6 Å². The number of unbranched alkanes of at least 4 members (excludes halogenated alkanes) is 1. The highest BCUT2D eigenvalue weighted by molar-refractivity contribution is 9.28. The van der Waals surface area contributed by atoms with E-state index in [9.17, 15) is 18.0 Å². The Morgan fingerprint density at radius 3 is 2.33 bits per heavy atom. The summed E-state index contributed by atoms with van der Waals surface area (Å²) in [5.41, 5.74) is -1.37. The molecule has 1 aromatic rings. The van der Waals surface area contributed by atoms with Crippen LogP contribution in [-0.2, 0) is 27.5 Å². The lowest BCUT2D eigenvalue weighted by atomic mass is 10.1. The molecule has 9 heteroatoms. The molecule has 1 N–H and O–H groups in total. The summed E-state index contributed by atoms with van der Waals surface area (Å²) in [5.74, 6) is -4.55. The van der Waals surface area contributed by atoms with Crippen LogP contribution in [0.3, 0.4) is 0 Å². The minimum atomic E-state index is -1.34. The third kappa shape index (κ3) is 5.40. The van der Waals surface area contributed by atoms with Crippen molar-refractivity contribution in [2.45, 2.75) is 46.8 Å². The highest BCUT2D eigenvalue weighted by atomic mass is 79.9. The van der Waals surface area contributed by atoms with Gasteiger partial charge < -0.3 is 14.8 Å². The fraction of sp³-hybridized carbons (Fsp3) is 0.571. The second-order valence-corrected chi connectivity index (χ2v) is 10.6. The first-order valence-corrected chi connectivity index (χ1v) is 11.3. The first-order valence-electron chi connectivity index (χ1n) is 9.68. The molecule has 0 amide bonds. The molecule has 0 heterocycles. The highest BCUT2D eigenvalue weighted by Gasteiger charge is 2.61. The molecule has 4 nitrogen and oxygen atoms in total. The Morgan fingerprint density at radius 2 is 1.77 bits per heavy atom. The van der Waals surface area contributed by atoms with Crippen LogP contribution in [0, 0.1) is 34.7 Å². The Bertz CT molecular complexity index is 826. The Morgan fingerprint density at radius 1 is 1.13 bits per heavy atom. The van der Waals surface area contributed by atoms with Gasteiger partial charge in [0, 0.05) is 13.7 Å². The zero-order valence-electron chi connectivity index (χ0n) is 17.4. The van der Waals surface area contributed by atoms with E-state index >= 15 is 0 Å². The summed E-state index contributed by atoms with van der Waals surface area (Å²) in [6.45, 7) is 5.17. The molecule has 0 aromatic heterocycles. The Balaban J connectivity index is 2.27. The third-order valence-electron chi connectivity index (χ3n) is 5.46. The van der Waals surface area contributed by atoms with E-state index in [2.05, 4.69) is 37.2 Å². The predicted octanol–water partition coefficient (Wildman–Crippen LogP) is 6.41. The molecule has 30 heavy (non-hydrogen) atoms. The highest BCUT2D eigenvalue weighted by Crippen LogP contribution is 2.60. The van der Waals surface area contributed by atoms with E-state index in [1.165, 1.54) is 7.11 Å². The number of nitrogens with one attached hydrogen (secondary N) is 1. The summed E-state index contributed by atoms with van der Waals surface area (Å²) >= 11 is 6.56. The Kier molecular flexibility index (Phi) is 8.82. The molecule has 0 bridgehead atoms. The minimum absolute atomic E-state index is 0.0664. The predicted molar refractivity (Wildman–Crippen MR) is 117 cm³/mol. The molecule has 168 valence electrons. The van der Waals surface area contributed by atoms with Crippen molar-refractivity contribution < 1.29 is 27.4 Å². The fourth-order valence-electron chi connectivity index (χ4n) is 3.54. The number of hydrogen-bond acceptors (Lipinski definition) is 4. The van der Waals surface area contributed by atoms with Crippen molar-refractivity contribution in [1.29, 1.82) is 0 Å². The van der Waals surface area contributed by atoms with Gasteiger partial charge in [-0.25, -0.2) is 13.2 Å². The van der Waals surface area contributed by atoms with Crippen LogP contribution < -0.4 is 5.32 Å². The number of ether oxygens (including phenoxy) is 2. The van der Waals surface area contributed by atoms with E-state index in [0.717, 1.165) is 9.81 Å². The number of esters is 1. The molecule has 0 aliphatic heterocycles. The monoisotopic (exact) mass is 555 g/mol. The normalized spacial score (nSPS) is 19.4. The average molecular weight is 557 g/mol. The van der Waals surface area contributed by atoms with Gasteiger partial charge in [0.25, 0.3) is 0 Å². The molecular weight excluding hydrogens is 531 g/mol. The van der Waals surface area contributed by atoms with Gasteiger partial charge in [-0.3, -0.25) is 4.79 Å². The fourth-order valence-corrected chi connectivity index (χ4v) is 4.11. The Hall–Kier alpha value is -1.06. The molecule has 0 spiro atoms. The van der Waals surface area contributed by atoms with Crippen molar-refractivity contribution in [3.8, 4) is 0 Å². The zero-order chi connectivity index (χ0) is 22.6. The maximum absolute atomic E-state index is 14.9. The summed E-state index contributed by atoms with van der Waals surface area (Å²) < 4.78 is 54.9. The summed E-state index contributed by atoms with van der Waals surface area (Å²) in [4.78, 5) is 12.6. The first-order chi connectivity index (χ1) is 14.1. The third-order valence-corrected chi connectivity index (χ3v) is 5.99. The van der Waals surface area contributed by atoms with E-state index in [1.807, 2.05) is 26.8 Å². The second kappa shape index (κ2) is 10.5. The molecule has 0 saturated heterocycles. The molecule has 1 saturated carbocycles. The van der Waals surface area contributed by atoms with E-state index in [4.69, 9.17) is 9.47 Å². The lowest BCUT2D eigenvalue weighted by molar-refractivity contribution is -0.147. The quantitative estimate of drug-likeness (QED) is 0.205. The molecule has 2 atom stereocenters. The van der Waals surface area contributed by atoms with E-state index in [-0.39, 0.29) is 22.6 Å².